The van der Waals surface area contributed by atoms with Gasteiger partial charge in [0.05, 0.1) is 27.9 Å². The van der Waals surface area contributed by atoms with E-state index in [1.54, 1.807) is 37.5 Å². The maximum Gasteiger partial charge on any atom is 0.432 e. The second kappa shape index (κ2) is 16.3. The summed E-state index contributed by atoms with van der Waals surface area (Å²) >= 11 is 10.1. The predicted octanol–water partition coefficient (Wildman–Crippen LogP) is 10.2. The van der Waals surface area contributed by atoms with Gasteiger partial charge in [0.2, 0.25) is 5.12 Å². The minimum atomic E-state index is -4.63. The number of carbonyl (C=O) groups is 2. The molecule has 0 bridgehead atoms. The molecule has 1 aliphatic carbocycles. The van der Waals surface area contributed by atoms with Gasteiger partial charge in [0.25, 0.3) is 0 Å². The first-order chi connectivity index (χ1) is 24.3. The van der Waals surface area contributed by atoms with Crippen LogP contribution in [0.5, 0.6) is 0 Å². The van der Waals surface area contributed by atoms with Crippen molar-refractivity contribution in [2.75, 3.05) is 12.4 Å². The van der Waals surface area contributed by atoms with Gasteiger partial charge in [0.15, 0.2) is 0 Å². The molecule has 1 saturated carbocycles. The SMILES string of the molecule is CC1(C)[C@H](/C=C2\CCSC2=O)[C@@H]1C(=O)OCc1coc(Cc2ccccc2)c1.CCOCn1c(-c2ccc(Cl)cc2)c(C#N)c(Br)c1C(F)(F)F. The van der Waals surface area contributed by atoms with Crippen LogP contribution in [0.1, 0.15) is 55.3 Å². The van der Waals surface area contributed by atoms with Crippen LogP contribution in [-0.2, 0) is 45.0 Å². The minimum Gasteiger partial charge on any atom is -0.469 e. The van der Waals surface area contributed by atoms with Crippen LogP contribution in [0.3, 0.4) is 0 Å². The fourth-order valence-corrected chi connectivity index (χ4v) is 7.78. The molecule has 2 aromatic carbocycles. The van der Waals surface area contributed by atoms with Gasteiger partial charge >= 0.3 is 12.1 Å². The van der Waals surface area contributed by atoms with Crippen LogP contribution in [0.25, 0.3) is 11.3 Å². The average molecular weight is 804 g/mol. The van der Waals surface area contributed by atoms with E-state index in [0.717, 1.165) is 33.6 Å². The Kier molecular flexibility index (Phi) is 12.3. The molecule has 3 heterocycles. The van der Waals surface area contributed by atoms with Crippen molar-refractivity contribution in [2.45, 2.75) is 53.1 Å². The molecular weight excluding hydrogens is 769 g/mol. The van der Waals surface area contributed by atoms with Gasteiger partial charge in [-0.05, 0) is 69.9 Å². The lowest BCUT2D eigenvalue weighted by Gasteiger charge is -2.15. The van der Waals surface area contributed by atoms with Gasteiger partial charge < -0.3 is 18.5 Å². The number of hydrogen-bond donors (Lipinski definition) is 0. The lowest BCUT2D eigenvalue weighted by Crippen LogP contribution is -2.16. The Labute approximate surface area is 311 Å². The third kappa shape index (κ3) is 9.01. The first-order valence-electron chi connectivity index (χ1n) is 16.1. The zero-order valence-electron chi connectivity index (χ0n) is 28.1. The van der Waals surface area contributed by atoms with E-state index in [1.165, 1.54) is 17.3 Å². The van der Waals surface area contributed by atoms with Crippen molar-refractivity contribution in [3.05, 3.63) is 116 Å². The van der Waals surface area contributed by atoms with Crippen molar-refractivity contribution in [2.24, 2.45) is 17.3 Å². The standard InChI is InChI=1S/C23H24O4S.C15H11BrClF3N2O/c1-23(2)19(12-17-8-9-28-22(17)25)20(23)21(24)27-14-16-11-18(26-13-16)10-15-6-4-3-5-7-15;1-2-23-8-22-13(9-3-5-10(17)6-4-9)11(7-21)12(16)14(22)15(18,19)20/h3-7,11-13,19-20H,8-10,14H2,1-2H3;3-6H,2,8H2,1H3/b17-12+;/t19-,20-;/m1./s1. The molecule has 2 fully saturated rings. The molecule has 2 aromatic heterocycles. The number of rotatable bonds is 10. The third-order valence-corrected chi connectivity index (χ3v) is 10.8. The second-order valence-corrected chi connectivity index (χ2v) is 14.9. The van der Waals surface area contributed by atoms with E-state index in [-0.39, 0.29) is 64.0 Å². The highest BCUT2D eigenvalue weighted by Crippen LogP contribution is 2.60. The maximum absolute atomic E-state index is 13.4. The average Bonchev–Trinajstić information content (AvgIpc) is 3.52. The van der Waals surface area contributed by atoms with E-state index in [9.17, 15) is 28.0 Å². The minimum absolute atomic E-state index is 0.0793. The van der Waals surface area contributed by atoms with E-state index in [2.05, 4.69) is 41.9 Å². The van der Waals surface area contributed by atoms with Crippen LogP contribution in [0.4, 0.5) is 13.2 Å². The Hall–Kier alpha value is -3.76. The number of esters is 1. The number of ether oxygens (including phenoxy) is 2. The summed E-state index contributed by atoms with van der Waals surface area (Å²) in [4.78, 5) is 24.4. The first kappa shape index (κ1) is 38.5. The van der Waals surface area contributed by atoms with Crippen LogP contribution in [0.2, 0.25) is 5.02 Å². The Balaban J connectivity index is 0.000000202. The molecule has 0 amide bonds. The first-order valence-corrected chi connectivity index (χ1v) is 18.3. The van der Waals surface area contributed by atoms with Crippen LogP contribution < -0.4 is 0 Å². The zero-order valence-corrected chi connectivity index (χ0v) is 31.2. The topological polar surface area (TPSA) is 94.5 Å². The summed E-state index contributed by atoms with van der Waals surface area (Å²) in [5.41, 5.74) is 2.27. The van der Waals surface area contributed by atoms with Crippen LogP contribution in [-0.4, -0.2) is 28.0 Å². The lowest BCUT2D eigenvalue weighted by molar-refractivity contribution is -0.148. The molecule has 4 aromatic rings. The highest BCUT2D eigenvalue weighted by atomic mass is 79.9. The number of furan rings is 1. The molecule has 1 saturated heterocycles. The number of alkyl halides is 3. The maximum atomic E-state index is 13.4. The summed E-state index contributed by atoms with van der Waals surface area (Å²) in [5, 5.41) is 9.92. The van der Waals surface area contributed by atoms with Crippen LogP contribution >= 0.6 is 39.3 Å². The number of thioether (sulfide) groups is 1. The van der Waals surface area contributed by atoms with Gasteiger partial charge in [-0.1, -0.05) is 85.8 Å². The quantitative estimate of drug-likeness (QED) is 0.116. The smallest absolute Gasteiger partial charge is 0.432 e. The zero-order chi connectivity index (χ0) is 36.9. The Bertz CT molecular complexity index is 1950. The molecule has 7 nitrogen and oxygen atoms in total. The molecule has 0 N–H and O–H groups in total. The van der Waals surface area contributed by atoms with E-state index in [1.807, 2.05) is 36.4 Å². The summed E-state index contributed by atoms with van der Waals surface area (Å²) in [6.07, 6.45) is 0.539. The van der Waals surface area contributed by atoms with Crippen molar-refractivity contribution in [3.8, 4) is 17.3 Å². The highest BCUT2D eigenvalue weighted by Gasteiger charge is 2.61. The number of hydrogen-bond acceptors (Lipinski definition) is 7. The van der Waals surface area contributed by atoms with E-state index >= 15 is 0 Å². The molecule has 13 heteroatoms. The highest BCUT2D eigenvalue weighted by molar-refractivity contribution is 9.10. The van der Waals surface area contributed by atoms with Gasteiger partial charge in [0.1, 0.15) is 30.9 Å². The lowest BCUT2D eigenvalue weighted by atomic mass is 10.1. The third-order valence-electron chi connectivity index (χ3n) is 8.85. The molecule has 1 aliphatic heterocycles. The van der Waals surface area contributed by atoms with Gasteiger partial charge in [-0.25, -0.2) is 0 Å². The number of benzene rings is 2. The summed E-state index contributed by atoms with van der Waals surface area (Å²) in [6.45, 7) is 5.94. The molecule has 268 valence electrons. The molecule has 0 radical (unpaired) electrons. The molecule has 0 spiro atoms. The van der Waals surface area contributed by atoms with Gasteiger partial charge in [-0.3, -0.25) is 9.59 Å². The largest absolute Gasteiger partial charge is 0.469 e. The molecule has 51 heavy (non-hydrogen) atoms. The van der Waals surface area contributed by atoms with Crippen molar-refractivity contribution in [1.82, 2.24) is 4.57 Å². The van der Waals surface area contributed by atoms with Crippen LogP contribution in [0, 0.1) is 28.6 Å². The van der Waals surface area contributed by atoms with E-state index in [0.29, 0.717) is 17.0 Å². The Morgan fingerprint density at radius 1 is 1.18 bits per heavy atom. The fraction of sp³-hybridized carbons (Fsp3) is 0.342. The summed E-state index contributed by atoms with van der Waals surface area (Å²) in [7, 11) is 0. The van der Waals surface area contributed by atoms with Crippen molar-refractivity contribution in [3.63, 3.8) is 0 Å². The molecule has 6 rings (SSSR count). The van der Waals surface area contributed by atoms with E-state index in [4.69, 9.17) is 25.5 Å². The number of nitrogens with zero attached hydrogens (tertiary/aromatic N) is 2. The fourth-order valence-electron chi connectivity index (χ4n) is 6.08. The van der Waals surface area contributed by atoms with Crippen molar-refractivity contribution in [1.29, 1.82) is 5.26 Å². The van der Waals surface area contributed by atoms with Crippen molar-refractivity contribution < 1.29 is 36.7 Å². The molecule has 2 aliphatic rings. The number of aromatic nitrogens is 1. The second-order valence-electron chi connectivity index (χ2n) is 12.6. The Morgan fingerprint density at radius 3 is 2.49 bits per heavy atom. The summed E-state index contributed by atoms with van der Waals surface area (Å²) in [5.74, 6) is 1.39. The normalized spacial score (nSPS) is 18.6. The molecule has 2 atom stereocenters. The van der Waals surface area contributed by atoms with Gasteiger partial charge in [-0.2, -0.15) is 18.4 Å². The summed E-state index contributed by atoms with van der Waals surface area (Å²) in [6, 6.07) is 20.1. The number of allylic oxidation sites excluding steroid dienone is 1. The Morgan fingerprint density at radius 2 is 1.88 bits per heavy atom. The van der Waals surface area contributed by atoms with Crippen molar-refractivity contribution >= 4 is 50.4 Å². The predicted molar refractivity (Wildman–Crippen MR) is 193 cm³/mol. The summed E-state index contributed by atoms with van der Waals surface area (Å²) < 4.78 is 57.2. The van der Waals surface area contributed by atoms with E-state index < -0.39 is 11.9 Å². The molecular formula is C38H35BrClF3N2O5S. The number of carbonyl (C=O) groups excluding carboxylic acids is 2. The molecule has 0 unspecified atom stereocenters. The van der Waals surface area contributed by atoms with Crippen LogP contribution in [0.15, 0.2) is 87.5 Å². The van der Waals surface area contributed by atoms with Gasteiger partial charge in [0, 0.05) is 34.9 Å². The van der Waals surface area contributed by atoms with Gasteiger partial charge in [-0.15, -0.1) is 0 Å². The number of halogens is 5. The number of nitriles is 1. The monoisotopic (exact) mass is 802 g/mol.